The smallest absolute Gasteiger partial charge is 0.329 e. The van der Waals surface area contributed by atoms with E-state index in [1.165, 1.54) is 4.90 Å². The zero-order chi connectivity index (χ0) is 27.9. The first kappa shape index (κ1) is 28.7. The first-order valence-corrected chi connectivity index (χ1v) is 13.3. The van der Waals surface area contributed by atoms with E-state index in [-0.39, 0.29) is 25.7 Å². The molecule has 0 spiro atoms. The Balaban J connectivity index is 1.33. The van der Waals surface area contributed by atoms with Gasteiger partial charge in [0.15, 0.2) is 12.2 Å². The molecule has 3 fully saturated rings. The van der Waals surface area contributed by atoms with Gasteiger partial charge >= 0.3 is 11.9 Å². The lowest BCUT2D eigenvalue weighted by Crippen LogP contribution is -2.54. The molecule has 13 heteroatoms. The lowest BCUT2D eigenvalue weighted by Gasteiger charge is -2.29. The fraction of sp³-hybridized carbons (Fsp3) is 0.654. The maximum atomic E-state index is 13.4. The molecule has 1 N–H and O–H groups in total. The number of fused-ring (bicyclic) bond motifs is 1. The van der Waals surface area contributed by atoms with E-state index < -0.39 is 59.6 Å². The number of carbonyl (C=O) groups is 3. The van der Waals surface area contributed by atoms with Crippen molar-refractivity contribution in [3.63, 3.8) is 0 Å². The van der Waals surface area contributed by atoms with Crippen LogP contribution in [-0.2, 0) is 44.6 Å². The summed E-state index contributed by atoms with van der Waals surface area (Å²) in [6, 6.07) is 7.48. The Bertz CT molecular complexity index is 1020. The number of hydrogen-bond acceptors (Lipinski definition) is 11. The van der Waals surface area contributed by atoms with Crippen molar-refractivity contribution in [2.24, 2.45) is 0 Å². The fourth-order valence-corrected chi connectivity index (χ4v) is 5.32. The first-order valence-electron chi connectivity index (χ1n) is 13.3. The van der Waals surface area contributed by atoms with Crippen LogP contribution in [0.25, 0.3) is 0 Å². The molecule has 7 atom stereocenters. The summed E-state index contributed by atoms with van der Waals surface area (Å²) in [5, 5.41) is 12.9. The third-order valence-corrected chi connectivity index (χ3v) is 7.22. The number of hydrogen-bond donors (Lipinski definition) is 1. The van der Waals surface area contributed by atoms with Gasteiger partial charge in [-0.2, -0.15) is 0 Å². The van der Waals surface area contributed by atoms with Crippen LogP contribution in [-0.4, -0.2) is 96.7 Å². The number of benzene rings is 1. The van der Waals surface area contributed by atoms with E-state index in [1.807, 2.05) is 30.3 Å². The SMILES string of the molecule is CCOC(=O)[C@H](CCc1ccccc1)N[C@@H](C)C(=O)N1CCC[C@H]1C(=O)O[C@H]1CO[C@H]2[C@H]1OC[C@H]2O[N+](=O)[O-]. The highest BCUT2D eigenvalue weighted by Crippen LogP contribution is 2.31. The Morgan fingerprint density at radius 2 is 1.85 bits per heavy atom. The van der Waals surface area contributed by atoms with Gasteiger partial charge in [-0.1, -0.05) is 30.3 Å². The Morgan fingerprint density at radius 3 is 2.54 bits per heavy atom. The van der Waals surface area contributed by atoms with Crippen LogP contribution >= 0.6 is 0 Å². The molecule has 214 valence electrons. The molecule has 0 saturated carbocycles. The number of aryl methyl sites for hydroxylation is 1. The summed E-state index contributed by atoms with van der Waals surface area (Å²) < 4.78 is 22.0. The van der Waals surface area contributed by atoms with E-state index in [0.717, 1.165) is 5.56 Å². The van der Waals surface area contributed by atoms with Crippen molar-refractivity contribution in [1.82, 2.24) is 10.2 Å². The van der Waals surface area contributed by atoms with E-state index in [4.69, 9.17) is 18.9 Å². The number of esters is 2. The van der Waals surface area contributed by atoms with E-state index in [1.54, 1.807) is 13.8 Å². The highest BCUT2D eigenvalue weighted by atomic mass is 17.0. The second-order valence-electron chi connectivity index (χ2n) is 9.85. The number of rotatable bonds is 12. The van der Waals surface area contributed by atoms with Crippen molar-refractivity contribution in [3.05, 3.63) is 46.0 Å². The van der Waals surface area contributed by atoms with Crippen LogP contribution in [0, 0.1) is 10.1 Å². The van der Waals surface area contributed by atoms with E-state index in [2.05, 4.69) is 10.2 Å². The van der Waals surface area contributed by atoms with Gasteiger partial charge in [0.1, 0.15) is 24.3 Å². The molecular weight excluding hydrogens is 514 g/mol. The summed E-state index contributed by atoms with van der Waals surface area (Å²) in [7, 11) is 0. The number of ether oxygens (including phenoxy) is 4. The van der Waals surface area contributed by atoms with Crippen LogP contribution in [0.3, 0.4) is 0 Å². The van der Waals surface area contributed by atoms with Gasteiger partial charge in [0.05, 0.1) is 25.9 Å². The molecule has 3 heterocycles. The van der Waals surface area contributed by atoms with Crippen molar-refractivity contribution in [1.29, 1.82) is 0 Å². The zero-order valence-electron chi connectivity index (χ0n) is 22.1. The summed E-state index contributed by atoms with van der Waals surface area (Å²) in [5.41, 5.74) is 1.07. The van der Waals surface area contributed by atoms with Crippen LogP contribution in [0.4, 0.5) is 0 Å². The van der Waals surface area contributed by atoms with Gasteiger partial charge in [-0.15, -0.1) is 10.1 Å². The molecule has 4 rings (SSSR count). The number of nitrogens with one attached hydrogen (secondary N) is 1. The van der Waals surface area contributed by atoms with Gasteiger partial charge in [-0.05, 0) is 45.1 Å². The molecule has 1 amide bonds. The average Bonchev–Trinajstić information content (AvgIpc) is 3.65. The second kappa shape index (κ2) is 13.2. The van der Waals surface area contributed by atoms with Crippen LogP contribution in [0.1, 0.15) is 38.7 Å². The molecule has 0 aliphatic carbocycles. The number of carbonyl (C=O) groups excluding carboxylic acids is 3. The number of likely N-dealkylation sites (tertiary alicyclic amines) is 1. The van der Waals surface area contributed by atoms with Gasteiger partial charge in [0.25, 0.3) is 5.09 Å². The fourth-order valence-electron chi connectivity index (χ4n) is 5.32. The highest BCUT2D eigenvalue weighted by molar-refractivity contribution is 5.88. The molecule has 0 aromatic heterocycles. The lowest BCUT2D eigenvalue weighted by atomic mass is 10.0. The van der Waals surface area contributed by atoms with Gasteiger partial charge < -0.3 is 28.7 Å². The highest BCUT2D eigenvalue weighted by Gasteiger charge is 2.52. The molecule has 3 aliphatic rings. The van der Waals surface area contributed by atoms with Gasteiger partial charge in [0, 0.05) is 6.54 Å². The molecule has 1 aromatic carbocycles. The standard InChI is InChI=1S/C26H35N3O10/c1-3-35-25(31)18(12-11-17-8-5-4-6-9-17)27-16(2)24(30)28-13-7-10-19(28)26(32)38-20-14-36-23-21(39-29(33)34)15-37-22(20)23/h4-6,8-9,16,18-23,27H,3,7,10-15H2,1-2H3/t16-,18-,19-,20-,21+,22-,23+/m0/s1. The maximum Gasteiger partial charge on any atom is 0.329 e. The molecule has 3 aliphatic heterocycles. The molecule has 1 aromatic rings. The number of nitrogens with zero attached hydrogens (tertiary/aromatic N) is 2. The van der Waals surface area contributed by atoms with Gasteiger partial charge in [-0.25, -0.2) is 4.79 Å². The molecule has 39 heavy (non-hydrogen) atoms. The Labute approximate surface area is 226 Å². The predicted octanol–water partition coefficient (Wildman–Crippen LogP) is 0.806. The Hall–Kier alpha value is -3.29. The Morgan fingerprint density at radius 1 is 1.15 bits per heavy atom. The second-order valence-corrected chi connectivity index (χ2v) is 9.85. The summed E-state index contributed by atoms with van der Waals surface area (Å²) in [4.78, 5) is 55.9. The topological polar surface area (TPSA) is 156 Å². The Kier molecular flexibility index (Phi) is 9.70. The van der Waals surface area contributed by atoms with Crippen LogP contribution in [0.5, 0.6) is 0 Å². The minimum atomic E-state index is -0.898. The molecule has 0 unspecified atom stereocenters. The zero-order valence-corrected chi connectivity index (χ0v) is 22.1. The quantitative estimate of drug-likeness (QED) is 0.224. The van der Waals surface area contributed by atoms with Crippen molar-refractivity contribution in [2.45, 2.75) is 82.1 Å². The maximum absolute atomic E-state index is 13.4. The normalized spacial score (nSPS) is 27.4. The minimum Gasteiger partial charge on any atom is -0.465 e. The van der Waals surface area contributed by atoms with E-state index >= 15 is 0 Å². The van der Waals surface area contributed by atoms with Crippen molar-refractivity contribution < 1.29 is 43.3 Å². The summed E-state index contributed by atoms with van der Waals surface area (Å²) >= 11 is 0. The molecular formula is C26H35N3O10. The summed E-state index contributed by atoms with van der Waals surface area (Å²) in [6.07, 6.45) is -0.927. The molecule has 0 bridgehead atoms. The third kappa shape index (κ3) is 7.02. The predicted molar refractivity (Wildman–Crippen MR) is 134 cm³/mol. The molecule has 13 nitrogen and oxygen atoms in total. The molecule has 0 radical (unpaired) electrons. The monoisotopic (exact) mass is 549 g/mol. The van der Waals surface area contributed by atoms with Crippen molar-refractivity contribution >= 4 is 17.8 Å². The van der Waals surface area contributed by atoms with E-state index in [0.29, 0.717) is 32.2 Å². The van der Waals surface area contributed by atoms with Crippen LogP contribution < -0.4 is 5.32 Å². The van der Waals surface area contributed by atoms with Gasteiger partial charge in [0.2, 0.25) is 5.91 Å². The minimum absolute atomic E-state index is 0.0138. The largest absolute Gasteiger partial charge is 0.465 e. The summed E-state index contributed by atoms with van der Waals surface area (Å²) in [5.74, 6) is -1.34. The van der Waals surface area contributed by atoms with Crippen molar-refractivity contribution in [2.75, 3.05) is 26.4 Å². The number of amides is 1. The van der Waals surface area contributed by atoms with Gasteiger partial charge in [-0.3, -0.25) is 14.9 Å². The lowest BCUT2D eigenvalue weighted by molar-refractivity contribution is -0.769. The average molecular weight is 550 g/mol. The molecule has 3 saturated heterocycles. The van der Waals surface area contributed by atoms with Crippen LogP contribution in [0.2, 0.25) is 0 Å². The van der Waals surface area contributed by atoms with Crippen molar-refractivity contribution in [3.8, 4) is 0 Å². The third-order valence-electron chi connectivity index (χ3n) is 7.22. The van der Waals surface area contributed by atoms with Crippen LogP contribution in [0.15, 0.2) is 30.3 Å². The first-order chi connectivity index (χ1) is 18.8. The summed E-state index contributed by atoms with van der Waals surface area (Å²) in [6.45, 7) is 3.95. The van der Waals surface area contributed by atoms with E-state index in [9.17, 15) is 24.5 Å².